The molecule has 0 unspecified atom stereocenters. The maximum absolute atomic E-state index is 4.63. The lowest BCUT2D eigenvalue weighted by Crippen LogP contribution is -2.27. The smallest absolute Gasteiger partial charge is 0.158 e. The molecule has 136 valence electrons. The van der Waals surface area contributed by atoms with Gasteiger partial charge in [-0.15, -0.1) is 0 Å². The fourth-order valence-electron chi connectivity index (χ4n) is 4.08. The summed E-state index contributed by atoms with van der Waals surface area (Å²) in [5.41, 5.74) is 5.93. The first kappa shape index (κ1) is 15.9. The van der Waals surface area contributed by atoms with Crippen molar-refractivity contribution in [1.29, 1.82) is 0 Å². The lowest BCUT2D eigenvalue weighted by Gasteiger charge is -2.26. The third kappa shape index (κ3) is 2.33. The van der Waals surface area contributed by atoms with E-state index < -0.39 is 0 Å². The van der Waals surface area contributed by atoms with E-state index in [0.717, 1.165) is 36.3 Å². The molecule has 0 atom stereocenters. The predicted octanol–water partition coefficient (Wildman–Crippen LogP) is 3.88. The molecule has 2 aromatic heterocycles. The Morgan fingerprint density at radius 3 is 1.59 bits per heavy atom. The van der Waals surface area contributed by atoms with Crippen LogP contribution >= 0.6 is 0 Å². The van der Waals surface area contributed by atoms with Crippen LogP contribution in [-0.4, -0.2) is 37.4 Å². The van der Waals surface area contributed by atoms with E-state index in [1.807, 2.05) is 24.5 Å². The molecule has 6 heteroatoms. The van der Waals surface area contributed by atoms with Crippen LogP contribution < -0.4 is 19.6 Å². The Morgan fingerprint density at radius 1 is 0.667 bits per heavy atom. The van der Waals surface area contributed by atoms with Crippen molar-refractivity contribution >= 4 is 34.4 Å². The normalized spacial score (nSPS) is 15.4. The summed E-state index contributed by atoms with van der Waals surface area (Å²) in [4.78, 5) is 18.3. The second kappa shape index (κ2) is 5.87. The summed E-state index contributed by atoms with van der Waals surface area (Å²) in [6.07, 6.45) is 3.72. The minimum Gasteiger partial charge on any atom is -0.354 e. The van der Waals surface area contributed by atoms with Crippen molar-refractivity contribution in [2.24, 2.45) is 0 Å². The Morgan fingerprint density at radius 2 is 1.11 bits per heavy atom. The molecule has 0 amide bonds. The van der Waals surface area contributed by atoms with Gasteiger partial charge in [-0.05, 0) is 48.9 Å². The van der Waals surface area contributed by atoms with Crippen LogP contribution in [0.25, 0.3) is 0 Å². The van der Waals surface area contributed by atoms with Gasteiger partial charge < -0.3 is 19.6 Å². The van der Waals surface area contributed by atoms with Crippen LogP contribution in [0.3, 0.4) is 0 Å². The van der Waals surface area contributed by atoms with Crippen LogP contribution in [0.5, 0.6) is 0 Å². The second-order valence-electron chi connectivity index (χ2n) is 7.15. The Labute approximate surface area is 159 Å². The Kier molecular flexibility index (Phi) is 3.47. The number of benzene rings is 1. The first-order chi connectivity index (χ1) is 13.1. The van der Waals surface area contributed by atoms with E-state index in [2.05, 4.69) is 80.9 Å². The summed E-state index contributed by atoms with van der Waals surface area (Å²) in [6.45, 7) is 3.78. The molecule has 0 radical (unpaired) electrons. The summed E-state index contributed by atoms with van der Waals surface area (Å²) in [5, 5.41) is 0. The number of anilines is 6. The van der Waals surface area contributed by atoms with E-state index in [1.54, 1.807) is 0 Å². The van der Waals surface area contributed by atoms with Gasteiger partial charge in [0.1, 0.15) is 0 Å². The van der Waals surface area contributed by atoms with Gasteiger partial charge in [-0.25, -0.2) is 9.97 Å². The second-order valence-corrected chi connectivity index (χ2v) is 7.15. The minimum absolute atomic E-state index is 0.797. The summed E-state index contributed by atoms with van der Waals surface area (Å²) in [5.74, 6) is 2.02. The van der Waals surface area contributed by atoms with Gasteiger partial charge in [0, 0.05) is 37.9 Å². The fourth-order valence-corrected chi connectivity index (χ4v) is 4.08. The van der Waals surface area contributed by atoms with Gasteiger partial charge in [0.15, 0.2) is 11.6 Å². The SMILES string of the molecule is Cc1c(N2CN(C)c3cccnc32)cccc1N1CN(C)c2cccnc21. The summed E-state index contributed by atoms with van der Waals surface area (Å²) in [6, 6.07) is 14.7. The van der Waals surface area contributed by atoms with Gasteiger partial charge in [0.25, 0.3) is 0 Å². The van der Waals surface area contributed by atoms with E-state index in [4.69, 9.17) is 0 Å². The van der Waals surface area contributed by atoms with Crippen LogP contribution in [-0.2, 0) is 0 Å². The summed E-state index contributed by atoms with van der Waals surface area (Å²) >= 11 is 0. The molecule has 5 rings (SSSR count). The molecule has 0 N–H and O–H groups in total. The van der Waals surface area contributed by atoms with E-state index in [9.17, 15) is 0 Å². The Balaban J connectivity index is 1.59. The molecule has 0 saturated carbocycles. The van der Waals surface area contributed by atoms with Crippen LogP contribution in [0.2, 0.25) is 0 Å². The van der Waals surface area contributed by atoms with E-state index >= 15 is 0 Å². The van der Waals surface area contributed by atoms with Crippen molar-refractivity contribution in [3.05, 3.63) is 60.4 Å². The van der Waals surface area contributed by atoms with E-state index in [0.29, 0.717) is 0 Å². The predicted molar refractivity (Wildman–Crippen MR) is 110 cm³/mol. The Bertz CT molecular complexity index is 939. The monoisotopic (exact) mass is 358 g/mol. The van der Waals surface area contributed by atoms with Gasteiger partial charge in [0.2, 0.25) is 0 Å². The number of hydrogen-bond acceptors (Lipinski definition) is 6. The lowest BCUT2D eigenvalue weighted by molar-refractivity contribution is 0.926. The molecule has 6 nitrogen and oxygen atoms in total. The quantitative estimate of drug-likeness (QED) is 0.692. The number of aromatic nitrogens is 2. The molecular formula is C21H22N6. The highest BCUT2D eigenvalue weighted by Crippen LogP contribution is 2.44. The van der Waals surface area contributed by atoms with E-state index in [1.165, 1.54) is 16.9 Å². The lowest BCUT2D eigenvalue weighted by atomic mass is 10.1. The molecule has 27 heavy (non-hydrogen) atoms. The minimum atomic E-state index is 0.797. The molecular weight excluding hydrogens is 336 g/mol. The number of pyridine rings is 2. The largest absolute Gasteiger partial charge is 0.354 e. The molecule has 0 bridgehead atoms. The van der Waals surface area contributed by atoms with Gasteiger partial charge in [-0.3, -0.25) is 0 Å². The van der Waals surface area contributed by atoms with Gasteiger partial charge in [0.05, 0.1) is 24.7 Å². The van der Waals surface area contributed by atoms with Crippen LogP contribution in [0.15, 0.2) is 54.9 Å². The zero-order valence-electron chi connectivity index (χ0n) is 15.8. The molecule has 1 aromatic carbocycles. The van der Waals surface area contributed by atoms with Gasteiger partial charge >= 0.3 is 0 Å². The van der Waals surface area contributed by atoms with Crippen molar-refractivity contribution in [3.63, 3.8) is 0 Å². The molecule has 0 fully saturated rings. The van der Waals surface area contributed by atoms with Crippen LogP contribution in [0, 0.1) is 6.92 Å². The highest BCUT2D eigenvalue weighted by atomic mass is 15.4. The molecule has 4 heterocycles. The molecule has 0 saturated heterocycles. The zero-order chi connectivity index (χ0) is 18.5. The first-order valence-corrected chi connectivity index (χ1v) is 9.12. The van der Waals surface area contributed by atoms with E-state index in [-0.39, 0.29) is 0 Å². The highest BCUT2D eigenvalue weighted by Gasteiger charge is 2.30. The molecule has 0 spiro atoms. The van der Waals surface area contributed by atoms with Crippen LogP contribution in [0.4, 0.5) is 34.4 Å². The van der Waals surface area contributed by atoms with Crippen molar-refractivity contribution in [3.8, 4) is 0 Å². The number of nitrogens with zero attached hydrogens (tertiary/aromatic N) is 6. The Hall–Kier alpha value is -3.28. The van der Waals surface area contributed by atoms with Gasteiger partial charge in [-0.2, -0.15) is 0 Å². The van der Waals surface area contributed by atoms with Crippen molar-refractivity contribution in [1.82, 2.24) is 9.97 Å². The average Bonchev–Trinajstić information content (AvgIpc) is 3.20. The molecule has 2 aliphatic rings. The standard InChI is InChI=1S/C21H22N6/c1-15-16(26-13-24(2)18-9-5-11-22-20(18)26)7-4-8-17(15)27-14-25(3)19-10-6-12-23-21(19)27/h4-12H,13-14H2,1-3H3. The average molecular weight is 358 g/mol. The summed E-state index contributed by atoms with van der Waals surface area (Å²) in [7, 11) is 4.21. The topological polar surface area (TPSA) is 38.7 Å². The number of hydrogen-bond donors (Lipinski definition) is 0. The molecule has 0 aliphatic carbocycles. The zero-order valence-corrected chi connectivity index (χ0v) is 15.8. The third-order valence-corrected chi connectivity index (χ3v) is 5.43. The van der Waals surface area contributed by atoms with Crippen molar-refractivity contribution < 1.29 is 0 Å². The molecule has 3 aromatic rings. The van der Waals surface area contributed by atoms with Crippen LogP contribution in [0.1, 0.15) is 5.56 Å². The molecule has 2 aliphatic heterocycles. The highest BCUT2D eigenvalue weighted by molar-refractivity contribution is 5.85. The number of rotatable bonds is 2. The number of fused-ring (bicyclic) bond motifs is 2. The van der Waals surface area contributed by atoms with Gasteiger partial charge in [-0.1, -0.05) is 6.07 Å². The maximum Gasteiger partial charge on any atom is 0.158 e. The first-order valence-electron chi connectivity index (χ1n) is 9.12. The van der Waals surface area contributed by atoms with Crippen molar-refractivity contribution in [2.75, 3.05) is 47.0 Å². The maximum atomic E-state index is 4.63. The summed E-state index contributed by atoms with van der Waals surface area (Å²) < 4.78 is 0. The fraction of sp³-hybridized carbons (Fsp3) is 0.238. The third-order valence-electron chi connectivity index (χ3n) is 5.43. The van der Waals surface area contributed by atoms with Crippen molar-refractivity contribution in [2.45, 2.75) is 6.92 Å².